The molecule has 0 radical (unpaired) electrons. The minimum absolute atomic E-state index is 0.306. The van der Waals surface area contributed by atoms with Crippen molar-refractivity contribution in [3.05, 3.63) is 94.5 Å². The summed E-state index contributed by atoms with van der Waals surface area (Å²) in [6, 6.07) is 24.8. The molecule has 0 heterocycles. The van der Waals surface area contributed by atoms with Crippen molar-refractivity contribution in [2.24, 2.45) is 0 Å². The largest absolute Gasteiger partial charge is 0.493 e. The molecule has 0 fully saturated rings. The van der Waals surface area contributed by atoms with Crippen LogP contribution in [0.25, 0.3) is 0 Å². The minimum Gasteiger partial charge on any atom is -0.493 e. The molecule has 0 aromatic heterocycles. The lowest BCUT2D eigenvalue weighted by atomic mass is 10.0. The Labute approximate surface area is 178 Å². The summed E-state index contributed by atoms with van der Waals surface area (Å²) in [4.78, 5) is 0. The Bertz CT molecular complexity index is 884. The van der Waals surface area contributed by atoms with Gasteiger partial charge in [-0.2, -0.15) is 0 Å². The molecule has 0 saturated heterocycles. The number of hydrogen-bond donors (Lipinski definition) is 1. The Balaban J connectivity index is 1.70. The van der Waals surface area contributed by atoms with E-state index >= 15 is 0 Å². The minimum atomic E-state index is 0.306. The molecule has 0 amide bonds. The summed E-state index contributed by atoms with van der Waals surface area (Å²) in [7, 11) is 1.64. The van der Waals surface area contributed by atoms with Gasteiger partial charge in [0.25, 0.3) is 0 Å². The molecule has 3 aromatic rings. The van der Waals surface area contributed by atoms with E-state index in [1.807, 2.05) is 48.5 Å². The van der Waals surface area contributed by atoms with Crippen LogP contribution in [-0.4, -0.2) is 7.11 Å². The number of hydrogen-bond acceptors (Lipinski definition) is 3. The van der Waals surface area contributed by atoms with Gasteiger partial charge in [-0.3, -0.25) is 0 Å². The standard InChI is InChI=1S/C25H28ClNO2/c1-3-10-23(21-13-8-5-9-14-21)27-17-20-15-22(26)25(24(16-20)28-2)29-18-19-11-6-4-7-12-19/h4-9,11-16,23,27H,3,10,17-18H2,1-2H3. The van der Waals surface area contributed by atoms with E-state index in [2.05, 4.69) is 36.5 Å². The zero-order chi connectivity index (χ0) is 20.5. The summed E-state index contributed by atoms with van der Waals surface area (Å²) in [5.74, 6) is 1.23. The average Bonchev–Trinajstić information content (AvgIpc) is 2.76. The summed E-state index contributed by atoms with van der Waals surface area (Å²) in [6.45, 7) is 3.35. The van der Waals surface area contributed by atoms with E-state index in [-0.39, 0.29) is 0 Å². The van der Waals surface area contributed by atoms with Gasteiger partial charge in [-0.05, 0) is 35.2 Å². The summed E-state index contributed by atoms with van der Waals surface area (Å²) >= 11 is 6.54. The fraction of sp³-hybridized carbons (Fsp3) is 0.280. The molecule has 0 bridgehead atoms. The highest BCUT2D eigenvalue weighted by Gasteiger charge is 2.14. The Morgan fingerprint density at radius 2 is 1.62 bits per heavy atom. The number of ether oxygens (including phenoxy) is 2. The quantitative estimate of drug-likeness (QED) is 0.411. The molecule has 1 unspecified atom stereocenters. The second kappa shape index (κ2) is 10.9. The Morgan fingerprint density at radius 3 is 2.28 bits per heavy atom. The normalized spacial score (nSPS) is 11.8. The van der Waals surface area contributed by atoms with Gasteiger partial charge >= 0.3 is 0 Å². The van der Waals surface area contributed by atoms with Crippen molar-refractivity contribution in [1.82, 2.24) is 5.32 Å². The average molecular weight is 410 g/mol. The third kappa shape index (κ3) is 5.99. The van der Waals surface area contributed by atoms with Crippen LogP contribution in [0.1, 0.15) is 42.5 Å². The summed E-state index contributed by atoms with van der Waals surface area (Å²) in [5, 5.41) is 4.21. The number of halogens is 1. The van der Waals surface area contributed by atoms with Crippen molar-refractivity contribution in [3.63, 3.8) is 0 Å². The molecule has 1 atom stereocenters. The molecule has 152 valence electrons. The molecule has 3 aromatic carbocycles. The predicted molar refractivity (Wildman–Crippen MR) is 120 cm³/mol. The molecule has 3 nitrogen and oxygen atoms in total. The molecule has 3 rings (SSSR count). The summed E-state index contributed by atoms with van der Waals surface area (Å²) in [6.07, 6.45) is 2.19. The highest BCUT2D eigenvalue weighted by Crippen LogP contribution is 2.37. The zero-order valence-corrected chi connectivity index (χ0v) is 17.8. The summed E-state index contributed by atoms with van der Waals surface area (Å²) < 4.78 is 11.5. The van der Waals surface area contributed by atoms with Crippen LogP contribution in [0.5, 0.6) is 11.5 Å². The van der Waals surface area contributed by atoms with Crippen molar-refractivity contribution in [1.29, 1.82) is 0 Å². The van der Waals surface area contributed by atoms with Crippen molar-refractivity contribution in [2.75, 3.05) is 7.11 Å². The van der Waals surface area contributed by atoms with E-state index < -0.39 is 0 Å². The van der Waals surface area contributed by atoms with Crippen molar-refractivity contribution >= 4 is 11.6 Å². The molecule has 0 spiro atoms. The molecule has 0 aliphatic carbocycles. The van der Waals surface area contributed by atoms with E-state index in [0.717, 1.165) is 24.0 Å². The molecule has 0 aliphatic rings. The van der Waals surface area contributed by atoms with Crippen LogP contribution in [0.3, 0.4) is 0 Å². The lowest BCUT2D eigenvalue weighted by molar-refractivity contribution is 0.284. The van der Waals surface area contributed by atoms with Crippen LogP contribution >= 0.6 is 11.6 Å². The van der Waals surface area contributed by atoms with Gasteiger partial charge in [-0.15, -0.1) is 0 Å². The van der Waals surface area contributed by atoms with E-state index in [9.17, 15) is 0 Å². The predicted octanol–water partition coefficient (Wildman–Crippen LogP) is 6.56. The summed E-state index contributed by atoms with van der Waals surface area (Å²) in [5.41, 5.74) is 3.45. The van der Waals surface area contributed by atoms with Crippen LogP contribution < -0.4 is 14.8 Å². The van der Waals surface area contributed by atoms with Crippen LogP contribution in [0.2, 0.25) is 5.02 Å². The molecular weight excluding hydrogens is 382 g/mol. The Morgan fingerprint density at radius 1 is 0.931 bits per heavy atom. The lowest BCUT2D eigenvalue weighted by Gasteiger charge is -2.20. The molecule has 4 heteroatoms. The first-order valence-electron chi connectivity index (χ1n) is 10.0. The van der Waals surface area contributed by atoms with Crippen molar-refractivity contribution in [3.8, 4) is 11.5 Å². The number of benzene rings is 3. The highest BCUT2D eigenvalue weighted by atomic mass is 35.5. The van der Waals surface area contributed by atoms with Gasteiger partial charge in [-0.1, -0.05) is 85.6 Å². The maximum Gasteiger partial charge on any atom is 0.180 e. The SMILES string of the molecule is CCCC(NCc1cc(Cl)c(OCc2ccccc2)c(OC)c1)c1ccccc1. The van der Waals surface area contributed by atoms with Gasteiger partial charge < -0.3 is 14.8 Å². The van der Waals surface area contributed by atoms with Crippen LogP contribution in [-0.2, 0) is 13.2 Å². The van der Waals surface area contributed by atoms with Crippen molar-refractivity contribution in [2.45, 2.75) is 39.0 Å². The van der Waals surface area contributed by atoms with Gasteiger partial charge in [-0.25, -0.2) is 0 Å². The van der Waals surface area contributed by atoms with Crippen molar-refractivity contribution < 1.29 is 9.47 Å². The fourth-order valence-electron chi connectivity index (χ4n) is 3.35. The monoisotopic (exact) mass is 409 g/mol. The molecule has 29 heavy (non-hydrogen) atoms. The van der Waals surface area contributed by atoms with E-state index in [1.165, 1.54) is 5.56 Å². The van der Waals surface area contributed by atoms with Gasteiger partial charge in [0.1, 0.15) is 6.61 Å². The van der Waals surface area contributed by atoms with Gasteiger partial charge in [0.15, 0.2) is 11.5 Å². The third-order valence-corrected chi connectivity index (χ3v) is 5.13. The first-order valence-corrected chi connectivity index (χ1v) is 10.4. The maximum absolute atomic E-state index is 6.54. The topological polar surface area (TPSA) is 30.5 Å². The Hall–Kier alpha value is -2.49. The first-order chi connectivity index (χ1) is 14.2. The van der Waals surface area contributed by atoms with Gasteiger partial charge in [0.2, 0.25) is 0 Å². The van der Waals surface area contributed by atoms with E-state index in [4.69, 9.17) is 21.1 Å². The second-order valence-corrected chi connectivity index (χ2v) is 7.42. The molecule has 1 N–H and O–H groups in total. The molecule has 0 saturated carbocycles. The van der Waals surface area contributed by atoms with Gasteiger partial charge in [0, 0.05) is 12.6 Å². The third-order valence-electron chi connectivity index (χ3n) is 4.85. The maximum atomic E-state index is 6.54. The van der Waals surface area contributed by atoms with Gasteiger partial charge in [0.05, 0.1) is 12.1 Å². The first kappa shape index (κ1) is 21.2. The van der Waals surface area contributed by atoms with Crippen LogP contribution in [0, 0.1) is 0 Å². The zero-order valence-electron chi connectivity index (χ0n) is 17.0. The highest BCUT2D eigenvalue weighted by molar-refractivity contribution is 6.32. The molecule has 0 aliphatic heterocycles. The van der Waals surface area contributed by atoms with E-state index in [1.54, 1.807) is 7.11 Å². The van der Waals surface area contributed by atoms with E-state index in [0.29, 0.717) is 35.7 Å². The number of methoxy groups -OCH3 is 1. The number of rotatable bonds is 10. The van der Waals surface area contributed by atoms with Crippen LogP contribution in [0.4, 0.5) is 0 Å². The number of nitrogens with one attached hydrogen (secondary N) is 1. The fourth-order valence-corrected chi connectivity index (χ4v) is 3.63. The lowest BCUT2D eigenvalue weighted by Crippen LogP contribution is -2.20. The van der Waals surface area contributed by atoms with Crippen LogP contribution in [0.15, 0.2) is 72.8 Å². The smallest absolute Gasteiger partial charge is 0.180 e. The second-order valence-electron chi connectivity index (χ2n) is 7.02. The Kier molecular flexibility index (Phi) is 7.97. The molecular formula is C25H28ClNO2.